The second-order valence-corrected chi connectivity index (χ2v) is 9.87. The maximum Gasteiger partial charge on any atom is 0.310 e. The van der Waals surface area contributed by atoms with Gasteiger partial charge in [-0.1, -0.05) is 42.5 Å². The zero-order valence-corrected chi connectivity index (χ0v) is 21.9. The second kappa shape index (κ2) is 10.4. The standard InChI is InChI=1S/C30H33NO8/c1-36-20-12-10-19(11-13-20)30-25(18-8-4-3-5-9-18)24(28(33)34)27(32)29(30,35)26-22(37-2)16-21(17-23(26)39-30)38-15-7-6-14-31/h3-5,8-13,16-17,24-25,27,32,35H,6-7,14-15,31H2,1-2H3,(H,33,34)/t24-,25-,27-,29+,30+/m1/s1. The zero-order chi connectivity index (χ0) is 27.8. The summed E-state index contributed by atoms with van der Waals surface area (Å²) in [4.78, 5) is 12.7. The van der Waals surface area contributed by atoms with Crippen molar-refractivity contribution < 1.29 is 39.1 Å². The van der Waals surface area contributed by atoms with Crippen molar-refractivity contribution in [1.82, 2.24) is 0 Å². The minimum absolute atomic E-state index is 0.173. The van der Waals surface area contributed by atoms with Crippen molar-refractivity contribution in [2.24, 2.45) is 11.7 Å². The first-order chi connectivity index (χ1) is 18.8. The van der Waals surface area contributed by atoms with Crippen LogP contribution in [0.5, 0.6) is 23.0 Å². The van der Waals surface area contributed by atoms with Crippen molar-refractivity contribution in [3.63, 3.8) is 0 Å². The van der Waals surface area contributed by atoms with E-state index in [1.165, 1.54) is 14.2 Å². The average Bonchev–Trinajstić information content (AvgIpc) is 3.33. The van der Waals surface area contributed by atoms with Gasteiger partial charge < -0.3 is 40.0 Å². The molecule has 0 amide bonds. The molecule has 1 aliphatic heterocycles. The fraction of sp³-hybridized carbons (Fsp3) is 0.367. The summed E-state index contributed by atoms with van der Waals surface area (Å²) >= 11 is 0. The van der Waals surface area contributed by atoms with Crippen molar-refractivity contribution in [2.75, 3.05) is 27.4 Å². The Morgan fingerprint density at radius 2 is 1.72 bits per heavy atom. The number of fused-ring (bicyclic) bond motifs is 3. The number of unbranched alkanes of at least 4 members (excludes halogenated alkanes) is 1. The Hall–Kier alpha value is -3.79. The van der Waals surface area contributed by atoms with E-state index in [1.807, 2.05) is 6.07 Å². The number of nitrogens with two attached hydrogens (primary N) is 1. The number of aliphatic hydroxyl groups excluding tert-OH is 1. The number of aliphatic hydroxyl groups is 2. The molecule has 0 spiro atoms. The lowest BCUT2D eigenvalue weighted by molar-refractivity contribution is -0.159. The number of carboxylic acids is 1. The molecule has 1 saturated carbocycles. The van der Waals surface area contributed by atoms with Crippen LogP contribution in [0.1, 0.15) is 35.4 Å². The lowest BCUT2D eigenvalue weighted by atomic mass is 9.70. The number of ether oxygens (including phenoxy) is 4. The monoisotopic (exact) mass is 535 g/mol. The molecule has 9 nitrogen and oxygen atoms in total. The van der Waals surface area contributed by atoms with Gasteiger partial charge in [-0.3, -0.25) is 4.79 Å². The van der Waals surface area contributed by atoms with Gasteiger partial charge in [-0.25, -0.2) is 0 Å². The summed E-state index contributed by atoms with van der Waals surface area (Å²) in [5.74, 6) is -2.14. The SMILES string of the molecule is COc1ccc([C@@]23Oc4cc(OCCCCN)cc(OC)c4[C@]2(O)[C@H](O)[C@H](C(=O)O)[C@H]3c2ccccc2)cc1. The van der Waals surface area contributed by atoms with Crippen LogP contribution in [-0.4, -0.2) is 54.8 Å². The topological polar surface area (TPSA) is 141 Å². The number of carbonyl (C=O) groups is 1. The Bertz CT molecular complexity index is 1330. The molecule has 0 unspecified atom stereocenters. The van der Waals surface area contributed by atoms with E-state index < -0.39 is 35.1 Å². The molecule has 0 saturated heterocycles. The van der Waals surface area contributed by atoms with Crippen LogP contribution in [0.3, 0.4) is 0 Å². The molecule has 1 fully saturated rings. The van der Waals surface area contributed by atoms with Crippen LogP contribution in [0.2, 0.25) is 0 Å². The normalized spacial score (nSPS) is 26.8. The third-order valence-electron chi connectivity index (χ3n) is 7.87. The number of methoxy groups -OCH3 is 2. The Kier molecular flexibility index (Phi) is 7.15. The molecule has 3 aromatic carbocycles. The van der Waals surface area contributed by atoms with E-state index in [1.54, 1.807) is 60.7 Å². The molecule has 1 heterocycles. The van der Waals surface area contributed by atoms with E-state index >= 15 is 0 Å². The van der Waals surface area contributed by atoms with E-state index in [0.29, 0.717) is 35.8 Å². The molecule has 1 aliphatic carbocycles. The van der Waals surface area contributed by atoms with Gasteiger partial charge in [-0.2, -0.15) is 0 Å². The average molecular weight is 536 g/mol. The van der Waals surface area contributed by atoms with E-state index in [-0.39, 0.29) is 17.1 Å². The van der Waals surface area contributed by atoms with E-state index in [4.69, 9.17) is 24.7 Å². The summed E-state index contributed by atoms with van der Waals surface area (Å²) in [6, 6.07) is 19.1. The molecule has 5 N–H and O–H groups in total. The van der Waals surface area contributed by atoms with Crippen LogP contribution < -0.4 is 24.7 Å². The molecule has 9 heteroatoms. The fourth-order valence-corrected chi connectivity index (χ4v) is 6.18. The highest BCUT2D eigenvalue weighted by Crippen LogP contribution is 2.70. The van der Waals surface area contributed by atoms with Crippen LogP contribution in [0, 0.1) is 5.92 Å². The summed E-state index contributed by atoms with van der Waals surface area (Å²) < 4.78 is 23.7. The molecule has 0 bridgehead atoms. The number of rotatable bonds is 10. The van der Waals surface area contributed by atoms with Crippen LogP contribution in [-0.2, 0) is 16.0 Å². The van der Waals surface area contributed by atoms with Gasteiger partial charge in [-0.05, 0) is 42.6 Å². The van der Waals surface area contributed by atoms with E-state index in [0.717, 1.165) is 12.8 Å². The van der Waals surface area contributed by atoms with Gasteiger partial charge in [-0.15, -0.1) is 0 Å². The minimum atomic E-state index is -2.19. The largest absolute Gasteiger partial charge is 0.497 e. The van der Waals surface area contributed by atoms with Crippen molar-refractivity contribution in [1.29, 1.82) is 0 Å². The molecule has 206 valence electrons. The first kappa shape index (κ1) is 26.8. The summed E-state index contributed by atoms with van der Waals surface area (Å²) in [7, 11) is 2.98. The number of carboxylic acid groups (broad SMARTS) is 1. The maximum atomic E-state index is 12.7. The van der Waals surface area contributed by atoms with Gasteiger partial charge in [0.05, 0.1) is 32.3 Å². The van der Waals surface area contributed by atoms with Crippen LogP contribution >= 0.6 is 0 Å². The molecule has 2 aliphatic rings. The smallest absolute Gasteiger partial charge is 0.310 e. The Morgan fingerprint density at radius 3 is 2.33 bits per heavy atom. The first-order valence-electron chi connectivity index (χ1n) is 12.9. The van der Waals surface area contributed by atoms with Crippen molar-refractivity contribution in [2.45, 2.75) is 36.1 Å². The predicted molar refractivity (Wildman–Crippen MR) is 142 cm³/mol. The van der Waals surface area contributed by atoms with Gasteiger partial charge in [0.1, 0.15) is 29.1 Å². The van der Waals surface area contributed by atoms with Gasteiger partial charge in [0.15, 0.2) is 11.2 Å². The van der Waals surface area contributed by atoms with Gasteiger partial charge in [0.2, 0.25) is 0 Å². The number of benzene rings is 3. The lowest BCUT2D eigenvalue weighted by Crippen LogP contribution is -2.52. The van der Waals surface area contributed by atoms with Gasteiger partial charge in [0, 0.05) is 18.1 Å². The van der Waals surface area contributed by atoms with Crippen LogP contribution in [0.25, 0.3) is 0 Å². The molecule has 3 aromatic rings. The molecule has 0 radical (unpaired) electrons. The summed E-state index contributed by atoms with van der Waals surface area (Å²) in [5, 5.41) is 34.8. The highest BCUT2D eigenvalue weighted by Gasteiger charge is 2.78. The molecule has 39 heavy (non-hydrogen) atoms. The Labute approximate surface area is 226 Å². The quantitative estimate of drug-likeness (QED) is 0.288. The number of hydrogen-bond acceptors (Lipinski definition) is 8. The predicted octanol–water partition coefficient (Wildman–Crippen LogP) is 3.16. The molecule has 0 aromatic heterocycles. The van der Waals surface area contributed by atoms with E-state index in [2.05, 4.69) is 0 Å². The third-order valence-corrected chi connectivity index (χ3v) is 7.87. The summed E-state index contributed by atoms with van der Waals surface area (Å²) in [6.07, 6.45) is -0.180. The Balaban J connectivity index is 1.76. The molecular weight excluding hydrogens is 502 g/mol. The molecule has 5 atom stereocenters. The van der Waals surface area contributed by atoms with Crippen molar-refractivity contribution in [3.05, 3.63) is 83.4 Å². The molecular formula is C30H33NO8. The molecule has 5 rings (SSSR count). The highest BCUT2D eigenvalue weighted by molar-refractivity contribution is 5.77. The van der Waals surface area contributed by atoms with Crippen LogP contribution in [0.4, 0.5) is 0 Å². The van der Waals surface area contributed by atoms with E-state index in [9.17, 15) is 20.1 Å². The number of aliphatic carboxylic acids is 1. The lowest BCUT2D eigenvalue weighted by Gasteiger charge is -2.40. The fourth-order valence-electron chi connectivity index (χ4n) is 6.18. The summed E-state index contributed by atoms with van der Waals surface area (Å²) in [5.41, 5.74) is 2.93. The van der Waals surface area contributed by atoms with Crippen LogP contribution in [0.15, 0.2) is 66.7 Å². The van der Waals surface area contributed by atoms with Gasteiger partial charge in [0.25, 0.3) is 0 Å². The maximum absolute atomic E-state index is 12.7. The number of hydrogen-bond donors (Lipinski definition) is 4. The van der Waals surface area contributed by atoms with Gasteiger partial charge >= 0.3 is 5.97 Å². The highest BCUT2D eigenvalue weighted by atomic mass is 16.5. The van der Waals surface area contributed by atoms with Crippen molar-refractivity contribution >= 4 is 5.97 Å². The third kappa shape index (κ3) is 4.00. The minimum Gasteiger partial charge on any atom is -0.497 e. The van der Waals surface area contributed by atoms with Crippen molar-refractivity contribution in [3.8, 4) is 23.0 Å². The second-order valence-electron chi connectivity index (χ2n) is 9.87. The first-order valence-corrected chi connectivity index (χ1v) is 12.9. The summed E-state index contributed by atoms with van der Waals surface area (Å²) in [6.45, 7) is 0.976. The Morgan fingerprint density at radius 1 is 1.00 bits per heavy atom. The zero-order valence-electron chi connectivity index (χ0n) is 21.9.